The number of para-hydroxylation sites is 2. The molecule has 260 valence electrons. The van der Waals surface area contributed by atoms with E-state index in [0.717, 1.165) is 72.2 Å². The first-order valence-electron chi connectivity index (χ1n) is 18.4. The Morgan fingerprint density at radius 3 is 1.98 bits per heavy atom. The summed E-state index contributed by atoms with van der Waals surface area (Å²) in [5, 5.41) is 18.1. The fourth-order valence-electron chi connectivity index (χ4n) is 7.72. The second-order valence-corrected chi connectivity index (χ2v) is 13.7. The highest BCUT2D eigenvalue weighted by atomic mass is 16.3. The summed E-state index contributed by atoms with van der Waals surface area (Å²) in [6.45, 7) is 0. The Morgan fingerprint density at radius 1 is 0.491 bits per heavy atom. The molecular weight excluding hydrogens is 673 g/mol. The quantitative estimate of drug-likeness (QED) is 0.162. The van der Waals surface area contributed by atoms with E-state index in [2.05, 4.69) is 149 Å². The molecule has 0 saturated carbocycles. The molecule has 10 rings (SSSR count). The van der Waals surface area contributed by atoms with Gasteiger partial charge in [0.25, 0.3) is 0 Å². The third kappa shape index (κ3) is 5.85. The van der Waals surface area contributed by atoms with Gasteiger partial charge >= 0.3 is 0 Å². The van der Waals surface area contributed by atoms with E-state index in [1.807, 2.05) is 60.7 Å². The number of hydrogen-bond donors (Lipinski definition) is 2. The molecule has 0 amide bonds. The SMILES string of the molecule is N=C1/C(=N\Nc2ccccc2)C=Cc2ccc3cc(N(c4cccc(-c5ccccc5-c5ccccc5)c4)c4ccc5c(c4)oc4ccccc45)ccc3c21. The number of allylic oxidation sites excluding steroid dienone is 1. The molecule has 0 aliphatic heterocycles. The van der Waals surface area contributed by atoms with Crippen LogP contribution >= 0.6 is 0 Å². The van der Waals surface area contributed by atoms with Crippen LogP contribution in [0.3, 0.4) is 0 Å². The van der Waals surface area contributed by atoms with Gasteiger partial charge < -0.3 is 9.32 Å². The zero-order chi connectivity index (χ0) is 36.7. The van der Waals surface area contributed by atoms with E-state index in [0.29, 0.717) is 11.4 Å². The van der Waals surface area contributed by atoms with Crippen molar-refractivity contribution < 1.29 is 4.42 Å². The van der Waals surface area contributed by atoms with Gasteiger partial charge in [-0.25, -0.2) is 0 Å². The molecule has 2 N–H and O–H groups in total. The lowest BCUT2D eigenvalue weighted by Crippen LogP contribution is -2.19. The highest BCUT2D eigenvalue weighted by Crippen LogP contribution is 2.42. The summed E-state index contributed by atoms with van der Waals surface area (Å²) in [6.07, 6.45) is 3.94. The van der Waals surface area contributed by atoms with Crippen molar-refractivity contribution in [3.63, 3.8) is 0 Å². The van der Waals surface area contributed by atoms with Gasteiger partial charge in [-0.3, -0.25) is 10.8 Å². The van der Waals surface area contributed by atoms with Gasteiger partial charge in [0.1, 0.15) is 16.9 Å². The predicted molar refractivity (Wildman–Crippen MR) is 230 cm³/mol. The van der Waals surface area contributed by atoms with Crippen molar-refractivity contribution >= 4 is 73.0 Å². The normalized spacial score (nSPS) is 13.1. The van der Waals surface area contributed by atoms with E-state index >= 15 is 0 Å². The van der Waals surface area contributed by atoms with Crippen LogP contribution in [0.1, 0.15) is 11.1 Å². The molecule has 0 spiro atoms. The molecule has 9 aromatic rings. The highest BCUT2D eigenvalue weighted by Gasteiger charge is 2.22. The maximum absolute atomic E-state index is 9.25. The lowest BCUT2D eigenvalue weighted by atomic mass is 9.89. The van der Waals surface area contributed by atoms with Crippen LogP contribution in [-0.4, -0.2) is 11.4 Å². The van der Waals surface area contributed by atoms with Crippen LogP contribution in [0.5, 0.6) is 0 Å². The van der Waals surface area contributed by atoms with Gasteiger partial charge in [-0.15, -0.1) is 0 Å². The van der Waals surface area contributed by atoms with Crippen molar-refractivity contribution in [3.8, 4) is 22.3 Å². The molecule has 8 aromatic carbocycles. The third-order valence-electron chi connectivity index (χ3n) is 10.3. The molecule has 0 bridgehead atoms. The van der Waals surface area contributed by atoms with E-state index in [4.69, 9.17) is 4.42 Å². The summed E-state index contributed by atoms with van der Waals surface area (Å²) in [6, 6.07) is 63.1. The lowest BCUT2D eigenvalue weighted by Gasteiger charge is -2.27. The molecule has 5 heteroatoms. The van der Waals surface area contributed by atoms with E-state index < -0.39 is 0 Å². The molecule has 0 radical (unpaired) electrons. The van der Waals surface area contributed by atoms with Crippen molar-refractivity contribution in [3.05, 3.63) is 199 Å². The van der Waals surface area contributed by atoms with Crippen LogP contribution in [0.15, 0.2) is 198 Å². The van der Waals surface area contributed by atoms with Gasteiger partial charge in [-0.05, 0) is 99.3 Å². The molecule has 1 heterocycles. The first kappa shape index (κ1) is 32.2. The molecule has 0 fully saturated rings. The van der Waals surface area contributed by atoms with Gasteiger partial charge in [0.15, 0.2) is 0 Å². The van der Waals surface area contributed by atoms with Gasteiger partial charge in [-0.1, -0.05) is 127 Å². The van der Waals surface area contributed by atoms with Crippen LogP contribution in [0.25, 0.3) is 61.0 Å². The largest absolute Gasteiger partial charge is 0.456 e. The van der Waals surface area contributed by atoms with E-state index in [1.165, 1.54) is 16.7 Å². The van der Waals surface area contributed by atoms with Crippen molar-refractivity contribution in [1.29, 1.82) is 5.41 Å². The number of fused-ring (bicyclic) bond motifs is 6. The number of rotatable bonds is 7. The van der Waals surface area contributed by atoms with Crippen LogP contribution < -0.4 is 10.3 Å². The summed E-state index contributed by atoms with van der Waals surface area (Å²) in [4.78, 5) is 2.29. The Balaban J connectivity index is 1.10. The maximum Gasteiger partial charge on any atom is 0.137 e. The molecule has 0 saturated heterocycles. The Labute approximate surface area is 318 Å². The standard InChI is InChI=1S/C50H34N4O/c51-50-46(53-52-37-15-5-2-6-16-37)29-24-34-22-23-36-31-39(25-27-43(36)49(34)50)54(40-26-28-45-44-20-9-10-21-47(44)55-48(45)32-40)38-17-11-14-35(30-38)42-19-8-7-18-41(42)33-12-3-1-4-13-33/h1-32,51-52H/b51-50?,53-46-. The van der Waals surface area contributed by atoms with Crippen LogP contribution in [0, 0.1) is 5.41 Å². The summed E-state index contributed by atoms with van der Waals surface area (Å²) in [5.74, 6) is 0. The summed E-state index contributed by atoms with van der Waals surface area (Å²) < 4.78 is 6.40. The van der Waals surface area contributed by atoms with Crippen LogP contribution in [0.2, 0.25) is 0 Å². The Kier molecular flexibility index (Phi) is 7.89. The van der Waals surface area contributed by atoms with Crippen molar-refractivity contribution in [2.24, 2.45) is 5.10 Å². The van der Waals surface area contributed by atoms with Crippen LogP contribution in [0.4, 0.5) is 22.7 Å². The molecule has 1 aromatic heterocycles. The summed E-state index contributed by atoms with van der Waals surface area (Å²) in [5.41, 5.74) is 16.2. The first-order chi connectivity index (χ1) is 27.2. The fourth-order valence-corrected chi connectivity index (χ4v) is 7.72. The zero-order valence-corrected chi connectivity index (χ0v) is 29.8. The van der Waals surface area contributed by atoms with E-state index in [1.54, 1.807) is 0 Å². The predicted octanol–water partition coefficient (Wildman–Crippen LogP) is 13.4. The Bertz CT molecular complexity index is 2980. The zero-order valence-electron chi connectivity index (χ0n) is 29.8. The number of nitrogens with one attached hydrogen (secondary N) is 2. The van der Waals surface area contributed by atoms with Crippen molar-refractivity contribution in [1.82, 2.24) is 0 Å². The minimum Gasteiger partial charge on any atom is -0.456 e. The highest BCUT2D eigenvalue weighted by molar-refractivity contribution is 6.55. The minimum absolute atomic E-state index is 0.385. The number of furan rings is 1. The Hall–Kier alpha value is -7.50. The summed E-state index contributed by atoms with van der Waals surface area (Å²) >= 11 is 0. The lowest BCUT2D eigenvalue weighted by molar-refractivity contribution is 0.669. The molecule has 1 aliphatic carbocycles. The smallest absolute Gasteiger partial charge is 0.137 e. The number of hydrazone groups is 1. The average molecular weight is 707 g/mol. The second-order valence-electron chi connectivity index (χ2n) is 13.7. The summed E-state index contributed by atoms with van der Waals surface area (Å²) in [7, 11) is 0. The van der Waals surface area contributed by atoms with Crippen molar-refractivity contribution in [2.75, 3.05) is 10.3 Å². The molecule has 0 atom stereocenters. The van der Waals surface area contributed by atoms with E-state index in [-0.39, 0.29) is 0 Å². The topological polar surface area (TPSA) is 64.6 Å². The third-order valence-corrected chi connectivity index (χ3v) is 10.3. The van der Waals surface area contributed by atoms with Crippen molar-refractivity contribution in [2.45, 2.75) is 0 Å². The molecule has 0 unspecified atom stereocenters. The Morgan fingerprint density at radius 2 is 1.15 bits per heavy atom. The van der Waals surface area contributed by atoms with E-state index in [9.17, 15) is 5.41 Å². The minimum atomic E-state index is 0.385. The second kappa shape index (κ2) is 13.5. The fraction of sp³-hybridized carbons (Fsp3) is 0. The van der Waals surface area contributed by atoms with Gasteiger partial charge in [0.05, 0.1) is 11.4 Å². The molecular formula is C50H34N4O. The van der Waals surface area contributed by atoms with Gasteiger partial charge in [0.2, 0.25) is 0 Å². The number of hydrogen-bond acceptors (Lipinski definition) is 5. The van der Waals surface area contributed by atoms with Crippen LogP contribution in [-0.2, 0) is 0 Å². The van der Waals surface area contributed by atoms with Gasteiger partial charge in [0, 0.05) is 39.5 Å². The maximum atomic E-state index is 9.25. The first-order valence-corrected chi connectivity index (χ1v) is 18.4. The number of anilines is 4. The number of benzene rings is 8. The number of nitrogens with zero attached hydrogens (tertiary/aromatic N) is 2. The van der Waals surface area contributed by atoms with Gasteiger partial charge in [-0.2, -0.15) is 5.10 Å². The molecule has 5 nitrogen and oxygen atoms in total. The average Bonchev–Trinajstić information content (AvgIpc) is 3.62. The molecule has 55 heavy (non-hydrogen) atoms. The monoisotopic (exact) mass is 706 g/mol. The molecule has 1 aliphatic rings.